The summed E-state index contributed by atoms with van der Waals surface area (Å²) in [6.45, 7) is 7.20. The predicted molar refractivity (Wildman–Crippen MR) is 121 cm³/mol. The Kier molecular flexibility index (Phi) is 11.6. The number of ether oxygens (including phenoxy) is 1. The lowest BCUT2D eigenvalue weighted by Gasteiger charge is -2.31. The lowest BCUT2D eigenvalue weighted by atomic mass is 10.1. The Morgan fingerprint density at radius 3 is 2.63 bits per heavy atom. The van der Waals surface area contributed by atoms with Gasteiger partial charge in [-0.05, 0) is 45.2 Å². The highest BCUT2D eigenvalue weighted by Crippen LogP contribution is 2.17. The topological polar surface area (TPSA) is 60.4 Å². The van der Waals surface area contributed by atoms with Crippen LogP contribution in [0.15, 0.2) is 4.99 Å². The van der Waals surface area contributed by atoms with Crippen molar-refractivity contribution in [2.45, 2.75) is 51.2 Å². The predicted octanol–water partition coefficient (Wildman–Crippen LogP) is 1.62. The molecule has 0 bridgehead atoms. The molecule has 1 N–H and O–H groups in total. The molecule has 0 spiro atoms. The Morgan fingerprint density at radius 1 is 1.22 bits per heavy atom. The summed E-state index contributed by atoms with van der Waals surface area (Å²) in [7, 11) is 5.60. The first kappa shape index (κ1) is 24.4. The summed E-state index contributed by atoms with van der Waals surface area (Å²) in [5.41, 5.74) is 0. The van der Waals surface area contributed by atoms with Gasteiger partial charge < -0.3 is 19.9 Å². The van der Waals surface area contributed by atoms with Gasteiger partial charge in [-0.25, -0.2) is 4.99 Å². The number of carbonyl (C=O) groups excluding carboxylic acids is 1. The summed E-state index contributed by atoms with van der Waals surface area (Å²) in [5.74, 6) is 0.819. The average Bonchev–Trinajstić information content (AvgIpc) is 3.09. The van der Waals surface area contributed by atoms with E-state index in [1.165, 1.54) is 25.8 Å². The summed E-state index contributed by atoms with van der Waals surface area (Å²) in [4.78, 5) is 22.8. The molecule has 2 saturated heterocycles. The maximum absolute atomic E-state index is 12.0. The van der Waals surface area contributed by atoms with Crippen LogP contribution in [-0.2, 0) is 9.53 Å². The molecular formula is C19H38IN5O2. The van der Waals surface area contributed by atoms with Crippen LogP contribution in [0.4, 0.5) is 0 Å². The molecule has 2 heterocycles. The molecule has 2 fully saturated rings. The Bertz CT molecular complexity index is 469. The van der Waals surface area contributed by atoms with Crippen molar-refractivity contribution >= 4 is 35.8 Å². The SMILES string of the molecule is CCN1CCCC1CN(C)C(=NCC(=O)N(C)C)NCC1CCCCO1.I. The second kappa shape index (κ2) is 12.8. The molecule has 0 aromatic carbocycles. The van der Waals surface area contributed by atoms with E-state index in [0.717, 1.165) is 45.0 Å². The van der Waals surface area contributed by atoms with Gasteiger partial charge in [-0.1, -0.05) is 6.92 Å². The maximum Gasteiger partial charge on any atom is 0.243 e. The number of carbonyl (C=O) groups is 1. The van der Waals surface area contributed by atoms with Crippen molar-refractivity contribution in [3.05, 3.63) is 0 Å². The van der Waals surface area contributed by atoms with Crippen molar-refractivity contribution in [1.29, 1.82) is 0 Å². The molecule has 0 aromatic heterocycles. The number of likely N-dealkylation sites (N-methyl/N-ethyl adjacent to an activating group) is 3. The molecule has 2 aliphatic heterocycles. The van der Waals surface area contributed by atoms with Gasteiger partial charge in [0.15, 0.2) is 5.96 Å². The molecule has 27 heavy (non-hydrogen) atoms. The van der Waals surface area contributed by atoms with Crippen molar-refractivity contribution in [2.75, 3.05) is 60.5 Å². The smallest absolute Gasteiger partial charge is 0.243 e. The third kappa shape index (κ3) is 8.11. The quantitative estimate of drug-likeness (QED) is 0.331. The average molecular weight is 495 g/mol. The number of halogens is 1. The third-order valence-corrected chi connectivity index (χ3v) is 5.38. The molecular weight excluding hydrogens is 457 g/mol. The van der Waals surface area contributed by atoms with Crippen LogP contribution in [0.5, 0.6) is 0 Å². The number of nitrogens with zero attached hydrogens (tertiary/aromatic N) is 4. The van der Waals surface area contributed by atoms with Crippen LogP contribution in [0.3, 0.4) is 0 Å². The zero-order valence-electron chi connectivity index (χ0n) is 17.4. The first-order chi connectivity index (χ1) is 12.5. The minimum atomic E-state index is 0. The van der Waals surface area contributed by atoms with E-state index in [0.29, 0.717) is 6.04 Å². The fourth-order valence-electron chi connectivity index (χ4n) is 3.69. The zero-order valence-corrected chi connectivity index (χ0v) is 19.8. The van der Waals surface area contributed by atoms with Crippen molar-refractivity contribution in [2.24, 2.45) is 4.99 Å². The highest BCUT2D eigenvalue weighted by molar-refractivity contribution is 14.0. The van der Waals surface area contributed by atoms with Crippen molar-refractivity contribution in [1.82, 2.24) is 20.0 Å². The number of guanidine groups is 1. The highest BCUT2D eigenvalue weighted by Gasteiger charge is 2.25. The summed E-state index contributed by atoms with van der Waals surface area (Å²) in [6, 6.07) is 0.562. The Morgan fingerprint density at radius 2 is 2.00 bits per heavy atom. The van der Waals surface area contributed by atoms with Crippen LogP contribution in [0.25, 0.3) is 0 Å². The van der Waals surface area contributed by atoms with Crippen LogP contribution in [0, 0.1) is 0 Å². The summed E-state index contributed by atoms with van der Waals surface area (Å²) < 4.78 is 5.82. The van der Waals surface area contributed by atoms with Crippen LogP contribution in [0.2, 0.25) is 0 Å². The fourth-order valence-corrected chi connectivity index (χ4v) is 3.69. The summed E-state index contributed by atoms with van der Waals surface area (Å²) in [6.07, 6.45) is 6.21. The highest BCUT2D eigenvalue weighted by atomic mass is 127. The van der Waals surface area contributed by atoms with Crippen LogP contribution >= 0.6 is 24.0 Å². The number of rotatable bonds is 7. The Balaban J connectivity index is 0.00000364. The van der Waals surface area contributed by atoms with Gasteiger partial charge in [0.2, 0.25) is 5.91 Å². The molecule has 0 aliphatic carbocycles. The number of amides is 1. The summed E-state index contributed by atoms with van der Waals surface area (Å²) in [5, 5.41) is 3.45. The minimum Gasteiger partial charge on any atom is -0.376 e. The third-order valence-electron chi connectivity index (χ3n) is 5.38. The first-order valence-electron chi connectivity index (χ1n) is 10.1. The monoisotopic (exact) mass is 495 g/mol. The second-order valence-corrected chi connectivity index (χ2v) is 7.60. The molecule has 0 aromatic rings. The standard InChI is InChI=1S/C19H37N5O2.HI/c1-5-24-11-8-9-16(24)15-23(4)19(21-14-18(25)22(2)3)20-13-17-10-6-7-12-26-17;/h16-17H,5-15H2,1-4H3,(H,20,21);1H. The second-order valence-electron chi connectivity index (χ2n) is 7.60. The number of hydrogen-bond acceptors (Lipinski definition) is 4. The Hall–Kier alpha value is -0.610. The molecule has 2 atom stereocenters. The van der Waals surface area contributed by atoms with E-state index < -0.39 is 0 Å². The van der Waals surface area contributed by atoms with E-state index in [4.69, 9.17) is 4.74 Å². The van der Waals surface area contributed by atoms with Gasteiger partial charge in [0.1, 0.15) is 6.54 Å². The molecule has 0 radical (unpaired) electrons. The number of likely N-dealkylation sites (tertiary alicyclic amines) is 1. The van der Waals surface area contributed by atoms with Crippen molar-refractivity contribution in [3.8, 4) is 0 Å². The van der Waals surface area contributed by atoms with Crippen LogP contribution in [0.1, 0.15) is 39.0 Å². The van der Waals surface area contributed by atoms with Crippen molar-refractivity contribution < 1.29 is 9.53 Å². The lowest BCUT2D eigenvalue weighted by Crippen LogP contribution is -2.48. The molecule has 1 amide bonds. The number of hydrogen-bond donors (Lipinski definition) is 1. The largest absolute Gasteiger partial charge is 0.376 e. The molecule has 158 valence electrons. The molecule has 7 nitrogen and oxygen atoms in total. The molecule has 2 unspecified atom stereocenters. The molecule has 8 heteroatoms. The van der Waals surface area contributed by atoms with Gasteiger partial charge in [-0.15, -0.1) is 24.0 Å². The van der Waals surface area contributed by atoms with Gasteiger partial charge >= 0.3 is 0 Å². The fraction of sp³-hybridized carbons (Fsp3) is 0.895. The van der Waals surface area contributed by atoms with E-state index >= 15 is 0 Å². The van der Waals surface area contributed by atoms with Crippen LogP contribution in [-0.4, -0.2) is 99.2 Å². The van der Waals surface area contributed by atoms with Gasteiger partial charge in [-0.2, -0.15) is 0 Å². The number of nitrogens with one attached hydrogen (secondary N) is 1. The number of aliphatic imine (C=N–C) groups is 1. The molecule has 2 rings (SSSR count). The maximum atomic E-state index is 12.0. The van der Waals surface area contributed by atoms with Gasteiger partial charge in [0.05, 0.1) is 6.10 Å². The van der Waals surface area contributed by atoms with E-state index in [9.17, 15) is 4.79 Å². The molecule has 0 saturated carbocycles. The van der Waals surface area contributed by atoms with Gasteiger partial charge in [-0.3, -0.25) is 9.69 Å². The Labute approximate surface area is 181 Å². The van der Waals surface area contributed by atoms with Crippen LogP contribution < -0.4 is 5.32 Å². The van der Waals surface area contributed by atoms with Gasteiger partial charge in [0.25, 0.3) is 0 Å². The van der Waals surface area contributed by atoms with E-state index in [1.807, 2.05) is 0 Å². The van der Waals surface area contributed by atoms with Gasteiger partial charge in [0, 0.05) is 46.9 Å². The lowest BCUT2D eigenvalue weighted by molar-refractivity contribution is -0.127. The first-order valence-corrected chi connectivity index (χ1v) is 10.1. The summed E-state index contributed by atoms with van der Waals surface area (Å²) >= 11 is 0. The van der Waals surface area contributed by atoms with E-state index in [2.05, 4.69) is 34.1 Å². The van der Waals surface area contributed by atoms with Crippen molar-refractivity contribution in [3.63, 3.8) is 0 Å². The van der Waals surface area contributed by atoms with E-state index in [1.54, 1.807) is 19.0 Å². The van der Waals surface area contributed by atoms with E-state index in [-0.39, 0.29) is 42.5 Å². The zero-order chi connectivity index (χ0) is 18.9. The minimum absolute atomic E-state index is 0. The normalized spacial score (nSPS) is 23.6. The molecule has 2 aliphatic rings.